The molecule has 2 aliphatic heterocycles. The molecule has 4 atom stereocenters. The third kappa shape index (κ3) is 9.83. The van der Waals surface area contributed by atoms with E-state index in [9.17, 15) is 30.0 Å². The van der Waals surface area contributed by atoms with Crippen molar-refractivity contribution in [2.24, 2.45) is 5.92 Å². The van der Waals surface area contributed by atoms with Gasteiger partial charge in [-0.1, -0.05) is 81.3 Å². The normalized spacial score (nSPS) is 18.1. The zero-order chi connectivity index (χ0) is 48.5. The van der Waals surface area contributed by atoms with Crippen LogP contribution in [0.4, 0.5) is 0 Å². The van der Waals surface area contributed by atoms with Crippen LogP contribution in [0.5, 0.6) is 17.5 Å². The van der Waals surface area contributed by atoms with Crippen LogP contribution in [0, 0.1) is 5.92 Å². The fraction of sp³-hybridized carbons (Fsp3) is 0.373. The number of aromatic nitrogens is 5. The fourth-order valence-corrected chi connectivity index (χ4v) is 9.14. The number of benzene rings is 4. The Bertz CT molecular complexity index is 2760. The quantitative estimate of drug-likeness (QED) is 0.0474. The second kappa shape index (κ2) is 19.5. The Morgan fingerprint density at radius 1 is 0.868 bits per heavy atom. The molecule has 2 amide bonds. The average molecular weight is 923 g/mol. The lowest BCUT2D eigenvalue weighted by molar-refractivity contribution is -0.0133. The zero-order valence-corrected chi connectivity index (χ0v) is 39.4. The van der Waals surface area contributed by atoms with Gasteiger partial charge in [-0.3, -0.25) is 19.9 Å². The Balaban J connectivity index is 0.979. The van der Waals surface area contributed by atoms with E-state index in [4.69, 9.17) is 9.31 Å². The zero-order valence-electron chi connectivity index (χ0n) is 39.4. The van der Waals surface area contributed by atoms with E-state index in [1.54, 1.807) is 23.1 Å². The summed E-state index contributed by atoms with van der Waals surface area (Å²) in [6, 6.07) is 24.5. The number of hydrogen-bond acceptors (Lipinski definition) is 13. The second-order valence-electron chi connectivity index (χ2n) is 19.1. The van der Waals surface area contributed by atoms with Crippen LogP contribution < -0.4 is 10.6 Å². The number of amides is 2. The van der Waals surface area contributed by atoms with E-state index in [0.29, 0.717) is 54.7 Å². The minimum absolute atomic E-state index is 0.0390. The first-order chi connectivity index (χ1) is 32.4. The summed E-state index contributed by atoms with van der Waals surface area (Å²) in [5.41, 5.74) is 3.97. The molecule has 6 N–H and O–H groups in total. The summed E-state index contributed by atoms with van der Waals surface area (Å²) in [7, 11) is -0.792. The van der Waals surface area contributed by atoms with E-state index in [0.717, 1.165) is 22.3 Å². The van der Waals surface area contributed by atoms with Crippen LogP contribution in [0.15, 0.2) is 104 Å². The summed E-state index contributed by atoms with van der Waals surface area (Å²) < 4.78 is 15.0. The number of rotatable bonds is 15. The van der Waals surface area contributed by atoms with Crippen LogP contribution >= 0.6 is 0 Å². The molecule has 0 saturated carbocycles. The van der Waals surface area contributed by atoms with Gasteiger partial charge in [-0.25, -0.2) is 9.55 Å². The highest BCUT2D eigenvalue weighted by molar-refractivity contribution is 6.47. The Kier molecular flexibility index (Phi) is 13.7. The SMILES string of the molecule is CC(C)C[C@H](NC(O)[C@H](Cc1ccccc1)NC(=O)c1cnccn1)B1OC(C)(C)C(C)(c2ccc(C(=O)N3CCc4ccc(-n5c(O)nnc5-c5cc(C(C)C)c(O)cc5O)cc4C3)cc2)O1. The number of phenols is 2. The number of nitrogens with zero attached hydrogens (tertiary/aromatic N) is 6. The first-order valence-corrected chi connectivity index (χ1v) is 23.1. The maximum atomic E-state index is 14.2. The minimum Gasteiger partial charge on any atom is -0.508 e. The number of phenolic OH excluding ortho intramolecular Hbond substituents is 2. The summed E-state index contributed by atoms with van der Waals surface area (Å²) in [6.45, 7) is 14.7. The van der Waals surface area contributed by atoms with Crippen LogP contribution in [0.2, 0.25) is 0 Å². The van der Waals surface area contributed by atoms with Crippen LogP contribution in [0.3, 0.4) is 0 Å². The molecule has 0 aliphatic carbocycles. The van der Waals surface area contributed by atoms with Gasteiger partial charge in [0.1, 0.15) is 29.0 Å². The Hall–Kier alpha value is -6.66. The number of aromatic hydroxyl groups is 3. The van der Waals surface area contributed by atoms with Crippen molar-refractivity contribution in [1.82, 2.24) is 40.3 Å². The Morgan fingerprint density at radius 3 is 2.31 bits per heavy atom. The standard InChI is InChI=1S/C51H59BN8O8/c1-30(2)23-44(56-46(63)40(24-32-11-9-8-10-12-32)55-47(64)41-28-53-20-21-54-41)52-67-50(5,6)51(7,68-52)36-16-13-34(14-17-36)48(65)59-22-19-33-15-18-37(25-35(33)29-59)60-45(57-58-49(60)66)39-26-38(31(3)4)42(61)27-43(39)62/h8-18,20-21,25-28,30-31,40,44,46,56,61-63H,19,22-24,29H2,1-7H3,(H,55,64)(H,58,66)/t40-,44-,46?,51?/m0/s1. The van der Waals surface area contributed by atoms with Gasteiger partial charge in [0.25, 0.3) is 11.8 Å². The van der Waals surface area contributed by atoms with E-state index in [1.807, 2.05) is 95.3 Å². The first kappa shape index (κ1) is 47.8. The molecule has 4 heterocycles. The number of aliphatic hydroxyl groups excluding tert-OH is 1. The number of carbonyl (C=O) groups is 2. The molecule has 16 nitrogen and oxygen atoms in total. The summed E-state index contributed by atoms with van der Waals surface area (Å²) in [6.07, 6.45) is 4.66. The van der Waals surface area contributed by atoms with Gasteiger partial charge in [-0.05, 0) is 110 Å². The molecule has 0 bridgehead atoms. The maximum absolute atomic E-state index is 14.2. The van der Waals surface area contributed by atoms with Gasteiger partial charge >= 0.3 is 13.1 Å². The topological polar surface area (TPSA) is 217 Å². The lowest BCUT2D eigenvalue weighted by Crippen LogP contribution is -2.58. The lowest BCUT2D eigenvalue weighted by atomic mass is 9.73. The highest BCUT2D eigenvalue weighted by atomic mass is 16.7. The minimum atomic E-state index is -1.20. The molecule has 354 valence electrons. The van der Waals surface area contributed by atoms with E-state index < -0.39 is 42.4 Å². The van der Waals surface area contributed by atoms with Crippen molar-refractivity contribution in [2.75, 3.05) is 6.54 Å². The van der Waals surface area contributed by atoms with E-state index >= 15 is 0 Å². The van der Waals surface area contributed by atoms with E-state index in [-0.39, 0.29) is 46.8 Å². The van der Waals surface area contributed by atoms with Gasteiger partial charge in [-0.2, -0.15) is 0 Å². The fourth-order valence-electron chi connectivity index (χ4n) is 9.14. The third-order valence-corrected chi connectivity index (χ3v) is 13.2. The van der Waals surface area contributed by atoms with Gasteiger partial charge in [0.15, 0.2) is 5.82 Å². The van der Waals surface area contributed by atoms with Crippen molar-refractivity contribution in [3.63, 3.8) is 0 Å². The molecule has 6 aromatic rings. The molecule has 2 aliphatic rings. The molecule has 0 radical (unpaired) electrons. The number of aliphatic hydroxyl groups is 1. The maximum Gasteiger partial charge on any atom is 0.476 e. The summed E-state index contributed by atoms with van der Waals surface area (Å²) >= 11 is 0. The molecule has 2 unspecified atom stereocenters. The molecule has 68 heavy (non-hydrogen) atoms. The van der Waals surface area contributed by atoms with Crippen molar-refractivity contribution in [1.29, 1.82) is 0 Å². The molecular formula is C51H59BN8O8. The molecule has 1 fully saturated rings. The Morgan fingerprint density at radius 2 is 1.62 bits per heavy atom. The molecule has 17 heteroatoms. The first-order valence-electron chi connectivity index (χ1n) is 23.1. The highest BCUT2D eigenvalue weighted by Crippen LogP contribution is 2.46. The Labute approximate surface area is 396 Å². The molecule has 1 saturated heterocycles. The predicted octanol–water partition coefficient (Wildman–Crippen LogP) is 6.60. The monoisotopic (exact) mass is 922 g/mol. The van der Waals surface area contributed by atoms with Crippen molar-refractivity contribution >= 4 is 18.9 Å². The number of nitrogens with one attached hydrogen (secondary N) is 2. The van der Waals surface area contributed by atoms with Crippen molar-refractivity contribution < 1.29 is 39.3 Å². The summed E-state index contributed by atoms with van der Waals surface area (Å²) in [4.78, 5) is 37.4. The van der Waals surface area contributed by atoms with E-state index in [1.165, 1.54) is 29.2 Å². The van der Waals surface area contributed by atoms with Gasteiger partial charge in [0.05, 0.1) is 29.1 Å². The van der Waals surface area contributed by atoms with E-state index in [2.05, 4.69) is 44.6 Å². The largest absolute Gasteiger partial charge is 0.508 e. The summed E-state index contributed by atoms with van der Waals surface area (Å²) in [5.74, 6) is -0.999. The van der Waals surface area contributed by atoms with Crippen LogP contribution in [-0.2, 0) is 34.3 Å². The van der Waals surface area contributed by atoms with Crippen molar-refractivity contribution in [3.8, 4) is 34.6 Å². The van der Waals surface area contributed by atoms with Gasteiger partial charge < -0.3 is 40.0 Å². The summed E-state index contributed by atoms with van der Waals surface area (Å²) in [5, 5.41) is 58.5. The van der Waals surface area contributed by atoms with Crippen molar-refractivity contribution in [2.45, 2.75) is 110 Å². The molecular weight excluding hydrogens is 863 g/mol. The van der Waals surface area contributed by atoms with Gasteiger partial charge in [0.2, 0.25) is 0 Å². The average Bonchev–Trinajstić information content (AvgIpc) is 3.82. The number of hydrogen-bond donors (Lipinski definition) is 6. The van der Waals surface area contributed by atoms with Gasteiger partial charge in [0, 0.05) is 43.1 Å². The van der Waals surface area contributed by atoms with Crippen molar-refractivity contribution in [3.05, 3.63) is 143 Å². The molecule has 2 aromatic heterocycles. The van der Waals surface area contributed by atoms with Gasteiger partial charge in [-0.15, -0.1) is 5.10 Å². The third-order valence-electron chi connectivity index (χ3n) is 13.2. The van der Waals surface area contributed by atoms with Crippen LogP contribution in [-0.4, -0.2) is 99.3 Å². The highest BCUT2D eigenvalue weighted by Gasteiger charge is 2.57. The van der Waals surface area contributed by atoms with Crippen LogP contribution in [0.1, 0.15) is 109 Å². The molecule has 8 rings (SSSR count). The number of carbonyl (C=O) groups excluding carboxylic acids is 2. The molecule has 4 aromatic carbocycles. The predicted molar refractivity (Wildman–Crippen MR) is 256 cm³/mol. The second-order valence-corrected chi connectivity index (χ2v) is 19.1. The molecule has 0 spiro atoms. The number of fused-ring (bicyclic) bond motifs is 1. The lowest BCUT2D eigenvalue weighted by Gasteiger charge is -2.37. The van der Waals surface area contributed by atoms with Crippen LogP contribution in [0.25, 0.3) is 17.1 Å². The smallest absolute Gasteiger partial charge is 0.476 e.